The van der Waals surface area contributed by atoms with Gasteiger partial charge in [-0.1, -0.05) is 77.8 Å². The maximum atomic E-state index is 14.4. The Morgan fingerprint density at radius 1 is 0.886 bits per heavy atom. The monoisotopic (exact) mass is 633 g/mol. The van der Waals surface area contributed by atoms with Crippen LogP contribution in [0.3, 0.4) is 0 Å². The summed E-state index contributed by atoms with van der Waals surface area (Å²) < 4.78 is 34.8. The van der Waals surface area contributed by atoms with E-state index in [1.54, 1.807) is 56.5 Å². The smallest absolute Gasteiger partial charge is 0.264 e. The van der Waals surface area contributed by atoms with Gasteiger partial charge in [0.25, 0.3) is 10.0 Å². The zero-order chi connectivity index (χ0) is 31.9. The van der Waals surface area contributed by atoms with Gasteiger partial charge in [-0.15, -0.1) is 0 Å². The standard InChI is InChI=1S/C34H36ClN3O5S/c1-24-13-17-30(18-14-24)44(41,42)38(31-21-28(35)16-15-25(31)2)23-33(39)37(22-27-11-8-12-29(19-27)43-4)32(34(40)36-3)20-26-9-6-5-7-10-26/h5-19,21,32H,20,22-23H2,1-4H3,(H,36,40). The van der Waals surface area contributed by atoms with E-state index >= 15 is 0 Å². The number of hydrogen-bond donors (Lipinski definition) is 1. The van der Waals surface area contributed by atoms with E-state index in [0.29, 0.717) is 21.9 Å². The number of likely N-dealkylation sites (N-methyl/N-ethyl adjacent to an activating group) is 1. The second kappa shape index (κ2) is 14.4. The second-order valence-electron chi connectivity index (χ2n) is 10.4. The Labute approximate surface area is 264 Å². The Balaban J connectivity index is 1.82. The van der Waals surface area contributed by atoms with Crippen molar-refractivity contribution in [2.45, 2.75) is 37.8 Å². The number of nitrogens with zero attached hydrogens (tertiary/aromatic N) is 2. The highest BCUT2D eigenvalue weighted by molar-refractivity contribution is 7.92. The molecule has 2 amide bonds. The van der Waals surface area contributed by atoms with Crippen molar-refractivity contribution in [1.82, 2.24) is 10.2 Å². The highest BCUT2D eigenvalue weighted by Crippen LogP contribution is 2.30. The van der Waals surface area contributed by atoms with Gasteiger partial charge in [0.15, 0.2) is 0 Å². The van der Waals surface area contributed by atoms with Crippen molar-refractivity contribution >= 4 is 39.1 Å². The van der Waals surface area contributed by atoms with Crippen LogP contribution >= 0.6 is 11.6 Å². The Hall–Kier alpha value is -4.34. The Morgan fingerprint density at radius 2 is 1.57 bits per heavy atom. The Morgan fingerprint density at radius 3 is 2.23 bits per heavy atom. The van der Waals surface area contributed by atoms with Gasteiger partial charge in [0.1, 0.15) is 18.3 Å². The summed E-state index contributed by atoms with van der Waals surface area (Å²) in [6, 6.07) is 26.9. The van der Waals surface area contributed by atoms with Crippen molar-refractivity contribution in [2.24, 2.45) is 0 Å². The minimum atomic E-state index is -4.23. The molecular formula is C34H36ClN3O5S. The molecule has 1 N–H and O–H groups in total. The van der Waals surface area contributed by atoms with Crippen LogP contribution in [0.25, 0.3) is 0 Å². The fourth-order valence-electron chi connectivity index (χ4n) is 4.89. The molecule has 8 nitrogen and oxygen atoms in total. The number of aryl methyl sites for hydroxylation is 2. The topological polar surface area (TPSA) is 96.0 Å². The highest BCUT2D eigenvalue weighted by atomic mass is 35.5. The molecule has 0 saturated carbocycles. The van der Waals surface area contributed by atoms with Crippen molar-refractivity contribution in [3.63, 3.8) is 0 Å². The lowest BCUT2D eigenvalue weighted by Gasteiger charge is -2.34. The molecule has 0 saturated heterocycles. The maximum Gasteiger partial charge on any atom is 0.264 e. The summed E-state index contributed by atoms with van der Waals surface area (Å²) in [6.07, 6.45) is 0.219. The summed E-state index contributed by atoms with van der Waals surface area (Å²) >= 11 is 6.33. The van der Waals surface area contributed by atoms with Crippen molar-refractivity contribution in [2.75, 3.05) is 25.0 Å². The number of methoxy groups -OCH3 is 1. The van der Waals surface area contributed by atoms with E-state index in [9.17, 15) is 18.0 Å². The Kier molecular flexibility index (Phi) is 10.7. The van der Waals surface area contributed by atoms with Crippen LogP contribution in [0, 0.1) is 13.8 Å². The third-order valence-corrected chi connectivity index (χ3v) is 9.34. The number of halogens is 1. The van der Waals surface area contributed by atoms with Gasteiger partial charge >= 0.3 is 0 Å². The number of carbonyl (C=O) groups excluding carboxylic acids is 2. The summed E-state index contributed by atoms with van der Waals surface area (Å²) in [5.41, 5.74) is 3.34. The number of nitrogens with one attached hydrogen (secondary N) is 1. The third kappa shape index (κ3) is 7.78. The number of sulfonamides is 1. The van der Waals surface area contributed by atoms with Crippen LogP contribution in [-0.4, -0.2) is 51.9 Å². The summed E-state index contributed by atoms with van der Waals surface area (Å²) in [7, 11) is -1.17. The molecular weight excluding hydrogens is 598 g/mol. The number of rotatable bonds is 12. The van der Waals surface area contributed by atoms with Crippen LogP contribution in [0.4, 0.5) is 5.69 Å². The van der Waals surface area contributed by atoms with Gasteiger partial charge in [-0.2, -0.15) is 0 Å². The fraction of sp³-hybridized carbons (Fsp3) is 0.235. The van der Waals surface area contributed by atoms with Crippen LogP contribution in [0.5, 0.6) is 5.75 Å². The number of amides is 2. The highest BCUT2D eigenvalue weighted by Gasteiger charge is 2.35. The number of ether oxygens (including phenoxy) is 1. The normalized spacial score (nSPS) is 11.8. The summed E-state index contributed by atoms with van der Waals surface area (Å²) in [4.78, 5) is 29.3. The van der Waals surface area contributed by atoms with Gasteiger partial charge in [-0.25, -0.2) is 8.42 Å². The minimum Gasteiger partial charge on any atom is -0.497 e. The van der Waals surface area contributed by atoms with Gasteiger partial charge in [0.2, 0.25) is 11.8 Å². The van der Waals surface area contributed by atoms with Crippen LogP contribution < -0.4 is 14.4 Å². The summed E-state index contributed by atoms with van der Waals surface area (Å²) in [6.45, 7) is 3.09. The van der Waals surface area contributed by atoms with Crippen LogP contribution in [-0.2, 0) is 32.6 Å². The molecule has 1 unspecified atom stereocenters. The van der Waals surface area contributed by atoms with E-state index in [1.165, 1.54) is 30.1 Å². The minimum absolute atomic E-state index is 0.0294. The van der Waals surface area contributed by atoms with Gasteiger partial charge in [-0.05, 0) is 66.9 Å². The molecule has 4 rings (SSSR count). The van der Waals surface area contributed by atoms with E-state index in [2.05, 4.69) is 5.32 Å². The van der Waals surface area contributed by atoms with E-state index in [1.807, 2.05) is 43.3 Å². The van der Waals surface area contributed by atoms with E-state index in [4.69, 9.17) is 16.3 Å². The molecule has 0 aromatic heterocycles. The first-order chi connectivity index (χ1) is 21.0. The second-order valence-corrected chi connectivity index (χ2v) is 12.7. The molecule has 1 atom stereocenters. The van der Waals surface area contributed by atoms with Crippen LogP contribution in [0.15, 0.2) is 102 Å². The number of anilines is 1. The molecule has 0 bridgehead atoms. The number of carbonyl (C=O) groups is 2. The molecule has 230 valence electrons. The summed E-state index contributed by atoms with van der Waals surface area (Å²) in [5.74, 6) is -0.350. The van der Waals surface area contributed by atoms with Crippen molar-refractivity contribution in [3.05, 3.63) is 124 Å². The predicted octanol–water partition coefficient (Wildman–Crippen LogP) is 5.55. The summed E-state index contributed by atoms with van der Waals surface area (Å²) in [5, 5.41) is 3.01. The molecule has 0 spiro atoms. The van der Waals surface area contributed by atoms with E-state index in [0.717, 1.165) is 15.4 Å². The number of benzene rings is 4. The zero-order valence-electron chi connectivity index (χ0n) is 25.2. The average Bonchev–Trinajstić information content (AvgIpc) is 3.03. The first-order valence-corrected chi connectivity index (χ1v) is 15.9. The van der Waals surface area contributed by atoms with E-state index in [-0.39, 0.29) is 29.5 Å². The predicted molar refractivity (Wildman–Crippen MR) is 173 cm³/mol. The van der Waals surface area contributed by atoms with Gasteiger partial charge in [0.05, 0.1) is 17.7 Å². The third-order valence-electron chi connectivity index (χ3n) is 7.33. The molecule has 0 aliphatic rings. The first kappa shape index (κ1) is 32.6. The Bertz CT molecular complexity index is 1710. The lowest BCUT2D eigenvalue weighted by atomic mass is 10.0. The van der Waals surface area contributed by atoms with Crippen LogP contribution in [0.1, 0.15) is 22.3 Å². The molecule has 4 aromatic rings. The average molecular weight is 634 g/mol. The quantitative estimate of drug-likeness (QED) is 0.221. The molecule has 44 heavy (non-hydrogen) atoms. The van der Waals surface area contributed by atoms with Gasteiger partial charge in [-0.3, -0.25) is 13.9 Å². The number of hydrogen-bond acceptors (Lipinski definition) is 5. The van der Waals surface area contributed by atoms with E-state index < -0.39 is 28.5 Å². The maximum absolute atomic E-state index is 14.4. The van der Waals surface area contributed by atoms with Crippen molar-refractivity contribution < 1.29 is 22.7 Å². The molecule has 4 aromatic carbocycles. The van der Waals surface area contributed by atoms with Gasteiger partial charge in [0, 0.05) is 25.0 Å². The zero-order valence-corrected chi connectivity index (χ0v) is 26.7. The first-order valence-electron chi connectivity index (χ1n) is 14.1. The van der Waals surface area contributed by atoms with Crippen molar-refractivity contribution in [3.8, 4) is 5.75 Å². The molecule has 0 heterocycles. The molecule has 0 aliphatic heterocycles. The fourth-order valence-corrected chi connectivity index (χ4v) is 6.53. The van der Waals surface area contributed by atoms with Crippen LogP contribution in [0.2, 0.25) is 5.02 Å². The molecule has 10 heteroatoms. The lowest BCUT2D eigenvalue weighted by molar-refractivity contribution is -0.139. The SMILES string of the molecule is CNC(=O)C(Cc1ccccc1)N(Cc1cccc(OC)c1)C(=O)CN(c1cc(Cl)ccc1C)S(=O)(=O)c1ccc(C)cc1. The lowest BCUT2D eigenvalue weighted by Crippen LogP contribution is -2.53. The molecule has 0 radical (unpaired) electrons. The molecule has 0 aliphatic carbocycles. The largest absolute Gasteiger partial charge is 0.497 e. The van der Waals surface area contributed by atoms with Gasteiger partial charge < -0.3 is 15.0 Å². The van der Waals surface area contributed by atoms with Crippen molar-refractivity contribution in [1.29, 1.82) is 0 Å². The molecule has 0 fully saturated rings.